The number of fused-ring (bicyclic) bond motifs is 1. The van der Waals surface area contributed by atoms with Gasteiger partial charge in [-0.15, -0.1) is 0 Å². The van der Waals surface area contributed by atoms with Gasteiger partial charge in [0.05, 0.1) is 49.9 Å². The van der Waals surface area contributed by atoms with E-state index in [1.54, 1.807) is 11.3 Å². The van der Waals surface area contributed by atoms with E-state index in [0.29, 0.717) is 0 Å². The summed E-state index contributed by atoms with van der Waals surface area (Å²) < 4.78 is 343. The second-order valence-corrected chi connectivity index (χ2v) is 16.8. The Balaban J connectivity index is 0.000000453. The topological polar surface area (TPSA) is 3.88 Å². The average molecular weight is 1090 g/mol. The summed E-state index contributed by atoms with van der Waals surface area (Å²) in [6.07, 6.45) is -52.7. The van der Waals surface area contributed by atoms with E-state index in [0.717, 1.165) is 6.54 Å². The van der Waals surface area contributed by atoms with E-state index in [1.165, 1.54) is 16.3 Å². The maximum Gasteiger partial charge on any atom is 0.416 e. The lowest BCUT2D eigenvalue weighted by molar-refractivity contribution is -0.683. The van der Waals surface area contributed by atoms with Crippen molar-refractivity contribution in [3.8, 4) is 0 Å². The number of hydrogen-bond acceptors (Lipinski definition) is 1. The summed E-state index contributed by atoms with van der Waals surface area (Å²) in [6, 6.07) is 6.23. The predicted octanol–water partition coefficient (Wildman–Crippen LogP) is 14.5. The maximum absolute atomic E-state index is 14.2. The second-order valence-electron chi connectivity index (χ2n) is 16.1. The highest BCUT2D eigenvalue weighted by atomic mass is 32.1. The van der Waals surface area contributed by atoms with Crippen LogP contribution in [-0.4, -0.2) is 6.15 Å². The minimum absolute atomic E-state index is 0.691. The van der Waals surface area contributed by atoms with Crippen molar-refractivity contribution in [2.75, 3.05) is 0 Å². The summed E-state index contributed by atoms with van der Waals surface area (Å²) in [4.78, 5) is 0. The fourth-order valence-corrected chi connectivity index (χ4v) is 8.65. The lowest BCUT2D eigenvalue weighted by Gasteiger charge is -2.46. The molecule has 0 aliphatic heterocycles. The van der Waals surface area contributed by atoms with Crippen LogP contribution in [0.1, 0.15) is 50.1 Å². The molecule has 0 aliphatic carbocycles. The molecule has 0 unspecified atom stereocenters. The summed E-state index contributed by atoms with van der Waals surface area (Å²) in [6.45, 7) is 0.949. The van der Waals surface area contributed by atoms with E-state index >= 15 is 0 Å². The number of halogens is 24. The second kappa shape index (κ2) is 19.1. The van der Waals surface area contributed by atoms with E-state index in [2.05, 4.69) is 64.1 Å². The van der Waals surface area contributed by atoms with Gasteiger partial charge in [0.2, 0.25) is 5.51 Å². The van der Waals surface area contributed by atoms with Crippen molar-refractivity contribution >= 4 is 50.1 Å². The first-order chi connectivity index (χ1) is 33.2. The molecule has 0 atom stereocenters. The third-order valence-electron chi connectivity index (χ3n) is 11.2. The Kier molecular flexibility index (Phi) is 14.7. The molecule has 0 aliphatic rings. The normalized spacial score (nSPS) is 13.5. The van der Waals surface area contributed by atoms with Crippen molar-refractivity contribution in [1.82, 2.24) is 0 Å². The molecule has 73 heavy (non-hydrogen) atoms. The molecule has 0 saturated heterocycles. The van der Waals surface area contributed by atoms with Gasteiger partial charge in [-0.2, -0.15) is 132 Å². The molecule has 0 bridgehead atoms. The Morgan fingerprint density at radius 3 is 0.877 bits per heavy atom. The summed E-state index contributed by atoms with van der Waals surface area (Å²) >= 11 is 1.73. The zero-order chi connectivity index (χ0) is 54.7. The number of nitrogens with zero attached hydrogens (tertiary/aromatic N) is 1. The molecule has 0 amide bonds. The summed E-state index contributed by atoms with van der Waals surface area (Å²) in [5, 5.41) is 4.77. The van der Waals surface area contributed by atoms with Gasteiger partial charge in [0.15, 0.2) is 12.7 Å². The maximum atomic E-state index is 14.2. The summed E-state index contributed by atoms with van der Waals surface area (Å²) in [5.41, 5.74) is -26.7. The Hall–Kier alpha value is -6.41. The van der Waals surface area contributed by atoms with Gasteiger partial charge in [-0.25, -0.2) is 0 Å². The molecule has 0 saturated carbocycles. The zero-order valence-electron chi connectivity index (χ0n) is 35.4. The lowest BCUT2D eigenvalue weighted by atomic mass is 9.12. The van der Waals surface area contributed by atoms with Crippen LogP contribution >= 0.6 is 11.3 Å². The predicted molar refractivity (Wildman–Crippen MR) is 218 cm³/mol. The highest BCUT2D eigenvalue weighted by molar-refractivity contribution is 7.20. The summed E-state index contributed by atoms with van der Waals surface area (Å²) in [5.74, 6) is 0. The molecule has 1 heterocycles. The van der Waals surface area contributed by atoms with Crippen molar-refractivity contribution < 1.29 is 110 Å². The van der Waals surface area contributed by atoms with E-state index < -0.39 is 195 Å². The number of benzene rings is 6. The van der Waals surface area contributed by atoms with Gasteiger partial charge in [0.25, 0.3) is 0 Å². The van der Waals surface area contributed by atoms with Crippen molar-refractivity contribution in [1.29, 1.82) is 0 Å². The largest absolute Gasteiger partial charge is 0.416 e. The number of rotatable bonds is 6. The minimum Gasteiger partial charge on any atom is -0.194 e. The molecule has 0 fully saturated rings. The molecule has 0 N–H and O–H groups in total. The van der Waals surface area contributed by atoms with Crippen molar-refractivity contribution in [3.63, 3.8) is 0 Å². The van der Waals surface area contributed by atoms with Crippen LogP contribution in [0.4, 0.5) is 105 Å². The van der Waals surface area contributed by atoms with Crippen LogP contribution in [0.5, 0.6) is 0 Å². The van der Waals surface area contributed by atoms with Gasteiger partial charge in [0, 0.05) is 5.56 Å². The van der Waals surface area contributed by atoms with Crippen LogP contribution in [0.15, 0.2) is 132 Å². The Labute approximate surface area is 397 Å². The third-order valence-corrected chi connectivity index (χ3v) is 11.9. The number of thiazole rings is 1. The van der Waals surface area contributed by atoms with Gasteiger partial charge < -0.3 is 0 Å². The van der Waals surface area contributed by atoms with E-state index in [-0.39, 0.29) is 0 Å². The molecule has 7 rings (SSSR count). The van der Waals surface area contributed by atoms with Crippen LogP contribution in [0.2, 0.25) is 0 Å². The van der Waals surface area contributed by atoms with Gasteiger partial charge in [-0.05, 0) is 35.0 Å². The highest BCUT2D eigenvalue weighted by Gasteiger charge is 2.47. The van der Waals surface area contributed by atoms with Crippen molar-refractivity contribution in [3.05, 3.63) is 182 Å². The molecule has 7 aromatic rings. The SMILES string of the molecule is FC(F)(F)c1cc([B-](c2cc(C(F)(F)F)cc(C(F)(F)F)c2)(c2cc(C(F)(F)F)cc(C(F)(F)F)c2)c2cc(C(F)(F)F)cc(C(F)(F)F)c2)cc(C(F)(F)F)c1.c1ccc2c(C[n+]3ccsc3)cccc2c1. The molecular weight excluding hydrogens is 1070 g/mol. The van der Waals surface area contributed by atoms with Crippen LogP contribution in [0.25, 0.3) is 10.8 Å². The van der Waals surface area contributed by atoms with E-state index in [1.807, 2.05) is 0 Å². The van der Waals surface area contributed by atoms with Crippen LogP contribution in [0.3, 0.4) is 0 Å². The van der Waals surface area contributed by atoms with Crippen molar-refractivity contribution in [2.24, 2.45) is 0 Å². The monoisotopic (exact) mass is 1090 g/mol. The number of aromatic nitrogens is 1. The summed E-state index contributed by atoms with van der Waals surface area (Å²) in [7, 11) is 0. The molecule has 390 valence electrons. The number of hydrogen-bond donors (Lipinski definition) is 0. The van der Waals surface area contributed by atoms with Gasteiger partial charge >= 0.3 is 49.4 Å². The zero-order valence-corrected chi connectivity index (χ0v) is 36.2. The Bertz CT molecular complexity index is 2650. The Morgan fingerprint density at radius 1 is 0.342 bits per heavy atom. The first-order valence-electron chi connectivity index (χ1n) is 19.9. The molecule has 6 aromatic carbocycles. The molecule has 1 nitrogen and oxygen atoms in total. The lowest BCUT2D eigenvalue weighted by Crippen LogP contribution is -2.75. The average Bonchev–Trinajstić information content (AvgIpc) is 3.77. The van der Waals surface area contributed by atoms with E-state index in [4.69, 9.17) is 0 Å². The van der Waals surface area contributed by atoms with Crippen LogP contribution in [-0.2, 0) is 56.0 Å². The fraction of sp³-hybridized carbons (Fsp3) is 0.196. The standard InChI is InChI=1S/C32H12BF24.C14H12NS/c34-25(35,36)13-1-14(26(37,38)39)6-21(5-13)33(22-7-15(27(40,41)42)2-16(8-22)28(43,44)45,23-9-17(29(46,47)48)3-18(10-23)30(49,50)51)24-11-19(31(52,53)54)4-20(12-24)32(55,56)57;1-2-7-14-12(4-1)5-3-6-13(14)10-15-8-9-16-11-15/h1-12H;1-9,11H,10H2/q-1;+1. The van der Waals surface area contributed by atoms with Crippen molar-refractivity contribution in [2.45, 2.75) is 56.0 Å². The van der Waals surface area contributed by atoms with Crippen LogP contribution in [0, 0.1) is 0 Å². The first-order valence-corrected chi connectivity index (χ1v) is 20.9. The fourth-order valence-electron chi connectivity index (χ4n) is 8.05. The Morgan fingerprint density at radius 2 is 0.616 bits per heavy atom. The molecule has 27 heteroatoms. The minimum atomic E-state index is -6.13. The molecule has 1 aromatic heterocycles. The first kappa shape index (κ1) is 55.9. The van der Waals surface area contributed by atoms with Crippen LogP contribution < -0.4 is 26.4 Å². The molecule has 0 spiro atoms. The molecule has 0 radical (unpaired) electrons. The van der Waals surface area contributed by atoms with Gasteiger partial charge in [-0.3, -0.25) is 0 Å². The third kappa shape index (κ3) is 12.5. The quantitative estimate of drug-likeness (QED) is 0.0888. The van der Waals surface area contributed by atoms with Gasteiger partial charge in [-0.1, -0.05) is 102 Å². The molecular formula is C46H24BF24NS. The van der Waals surface area contributed by atoms with E-state index in [9.17, 15) is 105 Å². The van der Waals surface area contributed by atoms with Gasteiger partial charge in [0.1, 0.15) is 6.15 Å². The number of alkyl halides is 24. The smallest absolute Gasteiger partial charge is 0.194 e. The highest BCUT2D eigenvalue weighted by Crippen LogP contribution is 2.41.